The van der Waals surface area contributed by atoms with Crippen LogP contribution in [0.2, 0.25) is 0 Å². The molecule has 88 valence electrons. The Morgan fingerprint density at radius 3 is 2.47 bits per heavy atom. The van der Waals surface area contributed by atoms with E-state index in [1.54, 1.807) is 0 Å². The number of nitrogens with one attached hydrogen (secondary N) is 1. The molecule has 0 aromatic carbocycles. The third kappa shape index (κ3) is 2.55. The SMILES string of the molecule is CCNC(C1CC1)C1CCCCC1(C)C. The van der Waals surface area contributed by atoms with E-state index in [0.717, 1.165) is 24.4 Å². The number of rotatable bonds is 4. The van der Waals surface area contributed by atoms with Gasteiger partial charge in [0.25, 0.3) is 0 Å². The zero-order valence-corrected chi connectivity index (χ0v) is 10.7. The molecular weight excluding hydrogens is 182 g/mol. The third-order valence-corrected chi connectivity index (χ3v) is 4.59. The van der Waals surface area contributed by atoms with Crippen LogP contribution in [0.1, 0.15) is 59.3 Å². The molecule has 2 atom stereocenters. The van der Waals surface area contributed by atoms with Crippen LogP contribution < -0.4 is 5.32 Å². The minimum absolute atomic E-state index is 0.577. The van der Waals surface area contributed by atoms with E-state index in [-0.39, 0.29) is 0 Å². The number of hydrogen-bond donors (Lipinski definition) is 1. The van der Waals surface area contributed by atoms with Gasteiger partial charge < -0.3 is 5.32 Å². The molecule has 1 heteroatoms. The minimum Gasteiger partial charge on any atom is -0.314 e. The molecule has 0 aliphatic heterocycles. The Labute approximate surface area is 95.0 Å². The molecular formula is C14H27N. The quantitative estimate of drug-likeness (QED) is 0.746. The number of hydrogen-bond acceptors (Lipinski definition) is 1. The highest BCUT2D eigenvalue weighted by Gasteiger charge is 2.43. The standard InChI is InChI=1S/C14H27N/c1-4-15-13(11-8-9-11)12-7-5-6-10-14(12,2)3/h11-13,15H,4-10H2,1-3H3. The van der Waals surface area contributed by atoms with Gasteiger partial charge in [-0.25, -0.2) is 0 Å². The summed E-state index contributed by atoms with van der Waals surface area (Å²) in [6.45, 7) is 8.38. The van der Waals surface area contributed by atoms with E-state index in [0.29, 0.717) is 5.41 Å². The average molecular weight is 209 g/mol. The molecule has 0 bridgehead atoms. The zero-order valence-electron chi connectivity index (χ0n) is 10.7. The largest absolute Gasteiger partial charge is 0.314 e. The summed E-state index contributed by atoms with van der Waals surface area (Å²) >= 11 is 0. The second kappa shape index (κ2) is 4.45. The van der Waals surface area contributed by atoms with Gasteiger partial charge in [-0.05, 0) is 49.5 Å². The molecule has 0 radical (unpaired) electrons. The molecule has 0 saturated heterocycles. The Bertz CT molecular complexity index is 205. The lowest BCUT2D eigenvalue weighted by Crippen LogP contribution is -2.46. The van der Waals surface area contributed by atoms with E-state index in [4.69, 9.17) is 0 Å². The maximum absolute atomic E-state index is 3.77. The molecule has 0 heterocycles. The first-order chi connectivity index (χ1) is 7.15. The zero-order chi connectivity index (χ0) is 10.9. The fourth-order valence-electron chi connectivity index (χ4n) is 3.52. The summed E-state index contributed by atoms with van der Waals surface area (Å²) in [5.41, 5.74) is 0.577. The molecule has 2 saturated carbocycles. The van der Waals surface area contributed by atoms with Crippen molar-refractivity contribution in [2.45, 2.75) is 65.3 Å². The van der Waals surface area contributed by atoms with Crippen LogP contribution in [-0.4, -0.2) is 12.6 Å². The molecule has 1 nitrogen and oxygen atoms in total. The second-order valence-electron chi connectivity index (χ2n) is 6.26. The van der Waals surface area contributed by atoms with Crippen LogP contribution in [0.15, 0.2) is 0 Å². The summed E-state index contributed by atoms with van der Waals surface area (Å²) < 4.78 is 0. The van der Waals surface area contributed by atoms with Crippen LogP contribution in [0.25, 0.3) is 0 Å². The van der Waals surface area contributed by atoms with E-state index in [9.17, 15) is 0 Å². The summed E-state index contributed by atoms with van der Waals surface area (Å²) in [7, 11) is 0. The first kappa shape index (κ1) is 11.4. The van der Waals surface area contributed by atoms with Gasteiger partial charge in [-0.1, -0.05) is 33.6 Å². The van der Waals surface area contributed by atoms with Gasteiger partial charge in [-0.2, -0.15) is 0 Å². The predicted octanol–water partition coefficient (Wildman–Crippen LogP) is 3.59. The van der Waals surface area contributed by atoms with Crippen molar-refractivity contribution < 1.29 is 0 Å². The minimum atomic E-state index is 0.577. The van der Waals surface area contributed by atoms with E-state index in [1.165, 1.54) is 38.5 Å². The topological polar surface area (TPSA) is 12.0 Å². The monoisotopic (exact) mass is 209 g/mol. The molecule has 1 N–H and O–H groups in total. The highest BCUT2D eigenvalue weighted by atomic mass is 14.9. The fourth-order valence-corrected chi connectivity index (χ4v) is 3.52. The summed E-state index contributed by atoms with van der Waals surface area (Å²) in [5, 5.41) is 3.77. The highest BCUT2D eigenvalue weighted by molar-refractivity contribution is 4.97. The smallest absolute Gasteiger partial charge is 0.0129 e. The van der Waals surface area contributed by atoms with Crippen LogP contribution in [0.5, 0.6) is 0 Å². The van der Waals surface area contributed by atoms with E-state index >= 15 is 0 Å². The molecule has 2 aliphatic carbocycles. The predicted molar refractivity (Wildman–Crippen MR) is 65.9 cm³/mol. The van der Waals surface area contributed by atoms with Crippen LogP contribution in [0, 0.1) is 17.3 Å². The Hall–Kier alpha value is -0.0400. The average Bonchev–Trinajstić information content (AvgIpc) is 2.98. The van der Waals surface area contributed by atoms with E-state index < -0.39 is 0 Å². The molecule has 2 fully saturated rings. The molecule has 0 aromatic rings. The van der Waals surface area contributed by atoms with Crippen LogP contribution in [0.4, 0.5) is 0 Å². The van der Waals surface area contributed by atoms with E-state index in [2.05, 4.69) is 26.1 Å². The second-order valence-corrected chi connectivity index (χ2v) is 6.26. The molecule has 0 spiro atoms. The van der Waals surface area contributed by atoms with Crippen molar-refractivity contribution in [1.29, 1.82) is 0 Å². The summed E-state index contributed by atoms with van der Waals surface area (Å²) in [6, 6.07) is 0.824. The molecule has 2 rings (SSSR count). The molecule has 0 amide bonds. The van der Waals surface area contributed by atoms with Crippen LogP contribution in [0.3, 0.4) is 0 Å². The van der Waals surface area contributed by atoms with Gasteiger partial charge in [0, 0.05) is 6.04 Å². The molecule has 2 aliphatic rings. The summed E-state index contributed by atoms with van der Waals surface area (Å²) in [4.78, 5) is 0. The van der Waals surface area contributed by atoms with E-state index in [1.807, 2.05) is 0 Å². The normalized spacial score (nSPS) is 32.6. The van der Waals surface area contributed by atoms with Crippen LogP contribution in [-0.2, 0) is 0 Å². The van der Waals surface area contributed by atoms with Crippen molar-refractivity contribution in [3.8, 4) is 0 Å². The molecule has 2 unspecified atom stereocenters. The van der Waals surface area contributed by atoms with Crippen molar-refractivity contribution in [3.63, 3.8) is 0 Å². The Kier molecular flexibility index (Phi) is 3.39. The van der Waals surface area contributed by atoms with Gasteiger partial charge in [0.1, 0.15) is 0 Å². The Morgan fingerprint density at radius 2 is 1.93 bits per heavy atom. The lowest BCUT2D eigenvalue weighted by Gasteiger charge is -2.44. The van der Waals surface area contributed by atoms with Crippen molar-refractivity contribution in [1.82, 2.24) is 5.32 Å². The maximum Gasteiger partial charge on any atom is 0.0129 e. The first-order valence-corrected chi connectivity index (χ1v) is 6.88. The van der Waals surface area contributed by atoms with Gasteiger partial charge in [0.15, 0.2) is 0 Å². The highest BCUT2D eigenvalue weighted by Crippen LogP contribution is 2.48. The lowest BCUT2D eigenvalue weighted by atomic mass is 9.65. The van der Waals surface area contributed by atoms with Crippen LogP contribution >= 0.6 is 0 Å². The van der Waals surface area contributed by atoms with Crippen molar-refractivity contribution in [3.05, 3.63) is 0 Å². The Morgan fingerprint density at radius 1 is 1.20 bits per heavy atom. The molecule has 0 aromatic heterocycles. The maximum atomic E-state index is 3.77. The first-order valence-electron chi connectivity index (χ1n) is 6.88. The van der Waals surface area contributed by atoms with Gasteiger partial charge in [0.2, 0.25) is 0 Å². The van der Waals surface area contributed by atoms with Crippen molar-refractivity contribution in [2.24, 2.45) is 17.3 Å². The van der Waals surface area contributed by atoms with Crippen molar-refractivity contribution >= 4 is 0 Å². The van der Waals surface area contributed by atoms with Gasteiger partial charge in [-0.15, -0.1) is 0 Å². The molecule has 15 heavy (non-hydrogen) atoms. The third-order valence-electron chi connectivity index (χ3n) is 4.59. The lowest BCUT2D eigenvalue weighted by molar-refractivity contribution is 0.0903. The fraction of sp³-hybridized carbons (Fsp3) is 1.00. The van der Waals surface area contributed by atoms with Gasteiger partial charge in [-0.3, -0.25) is 0 Å². The van der Waals surface area contributed by atoms with Gasteiger partial charge in [0.05, 0.1) is 0 Å². The summed E-state index contributed by atoms with van der Waals surface area (Å²) in [5.74, 6) is 1.94. The van der Waals surface area contributed by atoms with Crippen molar-refractivity contribution in [2.75, 3.05) is 6.54 Å². The van der Waals surface area contributed by atoms with Gasteiger partial charge >= 0.3 is 0 Å². The Balaban J connectivity index is 2.03. The summed E-state index contributed by atoms with van der Waals surface area (Å²) in [6.07, 6.45) is 8.76.